The molecule has 0 aliphatic carbocycles. The van der Waals surface area contributed by atoms with Crippen molar-refractivity contribution in [2.75, 3.05) is 19.0 Å². The van der Waals surface area contributed by atoms with Gasteiger partial charge in [0.2, 0.25) is 0 Å². The lowest BCUT2D eigenvalue weighted by Crippen LogP contribution is -2.29. The Hall–Kier alpha value is -2.00. The fourth-order valence-electron chi connectivity index (χ4n) is 3.73. The van der Waals surface area contributed by atoms with Crippen LogP contribution in [-0.4, -0.2) is 13.7 Å². The molecule has 114 valence electrons. The largest absolute Gasteiger partial charge is 0.497 e. The van der Waals surface area contributed by atoms with E-state index in [1.165, 1.54) is 22.4 Å². The van der Waals surface area contributed by atoms with Crippen molar-refractivity contribution >= 4 is 5.69 Å². The summed E-state index contributed by atoms with van der Waals surface area (Å²) < 4.78 is 11.3. The molecule has 0 amide bonds. The van der Waals surface area contributed by atoms with Gasteiger partial charge in [-0.3, -0.25) is 0 Å². The Labute approximate surface area is 131 Å². The molecule has 3 atom stereocenters. The summed E-state index contributed by atoms with van der Waals surface area (Å²) in [4.78, 5) is 0. The molecule has 2 aliphatic heterocycles. The first-order chi connectivity index (χ1) is 10.8. The van der Waals surface area contributed by atoms with Gasteiger partial charge >= 0.3 is 0 Å². The van der Waals surface area contributed by atoms with Gasteiger partial charge in [-0.1, -0.05) is 29.8 Å². The quantitative estimate of drug-likeness (QED) is 0.898. The van der Waals surface area contributed by atoms with Crippen LogP contribution in [0.4, 0.5) is 5.69 Å². The first kappa shape index (κ1) is 13.6. The van der Waals surface area contributed by atoms with E-state index < -0.39 is 0 Å². The van der Waals surface area contributed by atoms with Gasteiger partial charge in [-0.15, -0.1) is 0 Å². The van der Waals surface area contributed by atoms with Crippen LogP contribution < -0.4 is 10.1 Å². The molecule has 3 nitrogen and oxygen atoms in total. The van der Waals surface area contributed by atoms with Gasteiger partial charge in [0.15, 0.2) is 0 Å². The molecule has 2 heterocycles. The number of nitrogens with one attached hydrogen (secondary N) is 1. The van der Waals surface area contributed by atoms with Crippen molar-refractivity contribution in [3.8, 4) is 5.75 Å². The number of fused-ring (bicyclic) bond motifs is 3. The van der Waals surface area contributed by atoms with Crippen LogP contribution in [0.25, 0.3) is 0 Å². The highest BCUT2D eigenvalue weighted by molar-refractivity contribution is 5.58. The fourth-order valence-corrected chi connectivity index (χ4v) is 3.73. The number of methoxy groups -OCH3 is 1. The number of benzene rings is 2. The van der Waals surface area contributed by atoms with Crippen molar-refractivity contribution in [3.05, 3.63) is 59.2 Å². The molecule has 1 N–H and O–H groups in total. The Morgan fingerprint density at radius 2 is 1.95 bits per heavy atom. The van der Waals surface area contributed by atoms with Crippen LogP contribution in [0.2, 0.25) is 0 Å². The number of aryl methyl sites for hydroxylation is 1. The molecule has 0 unspecified atom stereocenters. The summed E-state index contributed by atoms with van der Waals surface area (Å²) in [6.07, 6.45) is 1.31. The van der Waals surface area contributed by atoms with Crippen molar-refractivity contribution in [1.82, 2.24) is 0 Å². The molecule has 0 saturated carbocycles. The van der Waals surface area contributed by atoms with E-state index in [1.54, 1.807) is 7.11 Å². The molecule has 2 aromatic rings. The molecule has 1 saturated heterocycles. The third-order valence-corrected chi connectivity index (χ3v) is 4.87. The van der Waals surface area contributed by atoms with Crippen LogP contribution in [0, 0.1) is 12.8 Å². The zero-order valence-electron chi connectivity index (χ0n) is 13.0. The van der Waals surface area contributed by atoms with Gasteiger partial charge in [0.05, 0.1) is 19.3 Å². The second-order valence-corrected chi connectivity index (χ2v) is 6.23. The van der Waals surface area contributed by atoms with Crippen molar-refractivity contribution in [2.45, 2.75) is 25.5 Å². The van der Waals surface area contributed by atoms with Gasteiger partial charge in [-0.05, 0) is 37.1 Å². The highest BCUT2D eigenvalue weighted by Gasteiger charge is 2.41. The predicted octanol–water partition coefficient (Wildman–Crippen LogP) is 4.25. The normalized spacial score (nSPS) is 26.0. The van der Waals surface area contributed by atoms with E-state index >= 15 is 0 Å². The van der Waals surface area contributed by atoms with Crippen LogP contribution in [0.15, 0.2) is 42.5 Å². The smallest absolute Gasteiger partial charge is 0.118 e. The lowest BCUT2D eigenvalue weighted by Gasteiger charge is -2.36. The summed E-state index contributed by atoms with van der Waals surface area (Å²) in [5.41, 5.74) is 5.10. The maximum atomic E-state index is 6.07. The van der Waals surface area contributed by atoms with Crippen LogP contribution in [0.3, 0.4) is 0 Å². The Morgan fingerprint density at radius 1 is 1.14 bits per heavy atom. The molecular weight excluding hydrogens is 274 g/mol. The summed E-state index contributed by atoms with van der Waals surface area (Å²) in [7, 11) is 1.70. The SMILES string of the molecule is COc1ccc([C@H]2Nc3ccc(C)cc3[C@H]3OCC[C@@H]23)cc1. The Balaban J connectivity index is 1.73. The molecule has 0 aromatic heterocycles. The zero-order chi connectivity index (χ0) is 15.1. The van der Waals surface area contributed by atoms with Gasteiger partial charge in [0.1, 0.15) is 5.75 Å². The minimum absolute atomic E-state index is 0.211. The summed E-state index contributed by atoms with van der Waals surface area (Å²) in [6, 6.07) is 15.3. The number of rotatable bonds is 2. The van der Waals surface area contributed by atoms with Crippen molar-refractivity contribution in [1.29, 1.82) is 0 Å². The summed E-state index contributed by atoms with van der Waals surface area (Å²) >= 11 is 0. The molecule has 0 spiro atoms. The van der Waals surface area contributed by atoms with E-state index in [2.05, 4.69) is 42.6 Å². The zero-order valence-corrected chi connectivity index (χ0v) is 13.0. The fraction of sp³-hybridized carbons (Fsp3) is 0.368. The van der Waals surface area contributed by atoms with E-state index in [1.807, 2.05) is 12.1 Å². The molecule has 2 aromatic carbocycles. The Bertz CT molecular complexity index is 680. The molecule has 0 bridgehead atoms. The molecule has 22 heavy (non-hydrogen) atoms. The molecule has 4 rings (SSSR count). The summed E-state index contributed by atoms with van der Waals surface area (Å²) in [5, 5.41) is 3.73. The first-order valence-electron chi connectivity index (χ1n) is 7.89. The van der Waals surface area contributed by atoms with E-state index in [0.29, 0.717) is 12.0 Å². The van der Waals surface area contributed by atoms with E-state index in [4.69, 9.17) is 9.47 Å². The molecular formula is C19H21NO2. The van der Waals surface area contributed by atoms with Crippen molar-refractivity contribution in [3.63, 3.8) is 0 Å². The molecule has 0 radical (unpaired) electrons. The van der Waals surface area contributed by atoms with Crippen LogP contribution in [-0.2, 0) is 4.74 Å². The van der Waals surface area contributed by atoms with Gasteiger partial charge in [-0.2, -0.15) is 0 Å². The summed E-state index contributed by atoms with van der Waals surface area (Å²) in [5.74, 6) is 1.39. The third kappa shape index (κ3) is 2.17. The Kier molecular flexibility index (Phi) is 3.30. The van der Waals surface area contributed by atoms with Crippen LogP contribution >= 0.6 is 0 Å². The maximum absolute atomic E-state index is 6.07. The number of ether oxygens (including phenoxy) is 2. The van der Waals surface area contributed by atoms with Crippen molar-refractivity contribution in [2.24, 2.45) is 5.92 Å². The number of hydrogen-bond donors (Lipinski definition) is 1. The number of hydrogen-bond acceptors (Lipinski definition) is 3. The number of anilines is 1. The van der Waals surface area contributed by atoms with Crippen molar-refractivity contribution < 1.29 is 9.47 Å². The maximum Gasteiger partial charge on any atom is 0.118 e. The van der Waals surface area contributed by atoms with Gasteiger partial charge in [0, 0.05) is 23.8 Å². The lowest BCUT2D eigenvalue weighted by atomic mass is 9.80. The third-order valence-electron chi connectivity index (χ3n) is 4.87. The van der Waals surface area contributed by atoms with Crippen LogP contribution in [0.1, 0.15) is 35.3 Å². The van der Waals surface area contributed by atoms with E-state index in [9.17, 15) is 0 Å². The standard InChI is InChI=1S/C19H21NO2/c1-12-3-8-17-16(11-12)19-15(9-10-22-19)18(20-17)13-4-6-14(21-2)7-5-13/h3-8,11,15,18-20H,9-10H2,1-2H3/t15-,18+,19-/m0/s1. The highest BCUT2D eigenvalue weighted by atomic mass is 16.5. The minimum Gasteiger partial charge on any atom is -0.497 e. The predicted molar refractivity (Wildman–Crippen MR) is 87.3 cm³/mol. The van der Waals surface area contributed by atoms with Gasteiger partial charge in [0.25, 0.3) is 0 Å². The second-order valence-electron chi connectivity index (χ2n) is 6.23. The first-order valence-corrected chi connectivity index (χ1v) is 7.89. The van der Waals surface area contributed by atoms with Gasteiger partial charge in [-0.25, -0.2) is 0 Å². The van der Waals surface area contributed by atoms with E-state index in [0.717, 1.165) is 18.8 Å². The highest BCUT2D eigenvalue weighted by Crippen LogP contribution is 2.50. The lowest BCUT2D eigenvalue weighted by molar-refractivity contribution is 0.0829. The summed E-state index contributed by atoms with van der Waals surface area (Å²) in [6.45, 7) is 2.98. The Morgan fingerprint density at radius 3 is 2.73 bits per heavy atom. The average Bonchev–Trinajstić information content (AvgIpc) is 3.04. The topological polar surface area (TPSA) is 30.5 Å². The minimum atomic E-state index is 0.211. The molecule has 3 heteroatoms. The van der Waals surface area contributed by atoms with E-state index in [-0.39, 0.29) is 6.10 Å². The average molecular weight is 295 g/mol. The molecule has 2 aliphatic rings. The monoisotopic (exact) mass is 295 g/mol. The van der Waals surface area contributed by atoms with Gasteiger partial charge < -0.3 is 14.8 Å². The molecule has 1 fully saturated rings. The van der Waals surface area contributed by atoms with Crippen LogP contribution in [0.5, 0.6) is 5.75 Å². The second kappa shape index (κ2) is 5.33.